The van der Waals surface area contributed by atoms with E-state index >= 15 is 0 Å². The molecule has 1 nitrogen and oxygen atoms in total. The van der Waals surface area contributed by atoms with E-state index in [0.717, 1.165) is 18.7 Å². The number of halogens is 3. The molecular weight excluding hydrogens is 465 g/mol. The van der Waals surface area contributed by atoms with E-state index in [1.54, 1.807) is 11.3 Å². The summed E-state index contributed by atoms with van der Waals surface area (Å²) in [6.07, 6.45) is 0. The molecule has 0 saturated carbocycles. The third-order valence-corrected chi connectivity index (χ3v) is 6.26. The van der Waals surface area contributed by atoms with E-state index in [1.807, 2.05) is 0 Å². The summed E-state index contributed by atoms with van der Waals surface area (Å²) in [6.45, 7) is 0. The van der Waals surface area contributed by atoms with Crippen molar-refractivity contribution in [1.82, 2.24) is 0 Å². The van der Waals surface area contributed by atoms with Crippen LogP contribution in [0.15, 0.2) is 38.6 Å². The van der Waals surface area contributed by atoms with Gasteiger partial charge < -0.3 is 5.73 Å². The number of rotatable bonds is 2. The predicted octanol–water partition coefficient (Wildman–Crippen LogP) is 4.93. The monoisotopic (exact) mass is 471 g/mol. The predicted molar refractivity (Wildman–Crippen MR) is 84.9 cm³/mol. The molecule has 2 aromatic rings. The zero-order valence-corrected chi connectivity index (χ0v) is 14.2. The van der Waals surface area contributed by atoms with Crippen LogP contribution in [0.5, 0.6) is 0 Å². The van der Waals surface area contributed by atoms with E-state index in [0.29, 0.717) is 0 Å². The molecule has 0 aliphatic carbocycles. The molecule has 0 saturated heterocycles. The molecule has 1 atom stereocenters. The van der Waals surface area contributed by atoms with Crippen LogP contribution in [-0.4, -0.2) is 0 Å². The lowest BCUT2D eigenvalue weighted by atomic mass is 10.1. The SMILES string of the molecule is NC(c1ccc(I)cc1)c1cc(Br)c(Br)s1. The second-order valence-electron chi connectivity index (χ2n) is 3.30. The molecule has 0 amide bonds. The van der Waals surface area contributed by atoms with E-state index in [1.165, 1.54) is 3.57 Å². The van der Waals surface area contributed by atoms with Gasteiger partial charge >= 0.3 is 0 Å². The topological polar surface area (TPSA) is 26.0 Å². The standard InChI is InChI=1S/C11H8Br2INS/c12-8-5-9(16-11(8)13)10(15)6-1-3-7(14)4-2-6/h1-5,10H,15H2. The molecule has 16 heavy (non-hydrogen) atoms. The molecule has 0 fully saturated rings. The van der Waals surface area contributed by atoms with Crippen molar-refractivity contribution in [3.05, 3.63) is 52.6 Å². The summed E-state index contributed by atoms with van der Waals surface area (Å²) in [7, 11) is 0. The van der Waals surface area contributed by atoms with Crippen LogP contribution in [-0.2, 0) is 0 Å². The largest absolute Gasteiger partial charge is 0.320 e. The van der Waals surface area contributed by atoms with Crippen molar-refractivity contribution >= 4 is 65.8 Å². The minimum Gasteiger partial charge on any atom is -0.320 e. The fraction of sp³-hybridized carbons (Fsp3) is 0.0909. The summed E-state index contributed by atoms with van der Waals surface area (Å²) in [5, 5.41) is 0. The highest BCUT2D eigenvalue weighted by Crippen LogP contribution is 2.36. The van der Waals surface area contributed by atoms with Crippen molar-refractivity contribution in [3.8, 4) is 0 Å². The Morgan fingerprint density at radius 1 is 1.19 bits per heavy atom. The van der Waals surface area contributed by atoms with Gasteiger partial charge in [0.2, 0.25) is 0 Å². The van der Waals surface area contributed by atoms with Crippen molar-refractivity contribution in [2.45, 2.75) is 6.04 Å². The minimum absolute atomic E-state index is 0.0513. The molecule has 1 unspecified atom stereocenters. The van der Waals surface area contributed by atoms with Crippen molar-refractivity contribution in [2.75, 3.05) is 0 Å². The highest BCUT2D eigenvalue weighted by atomic mass is 127. The summed E-state index contributed by atoms with van der Waals surface area (Å²) in [6, 6.07) is 10.3. The van der Waals surface area contributed by atoms with Gasteiger partial charge in [-0.05, 0) is 78.2 Å². The summed E-state index contributed by atoms with van der Waals surface area (Å²) in [5.41, 5.74) is 7.36. The lowest BCUT2D eigenvalue weighted by molar-refractivity contribution is 0.892. The lowest BCUT2D eigenvalue weighted by Crippen LogP contribution is -2.09. The van der Waals surface area contributed by atoms with Gasteiger partial charge in [-0.15, -0.1) is 11.3 Å². The van der Waals surface area contributed by atoms with Gasteiger partial charge in [0.15, 0.2) is 0 Å². The first kappa shape index (κ1) is 13.0. The van der Waals surface area contributed by atoms with Gasteiger partial charge in [-0.3, -0.25) is 0 Å². The molecule has 1 heterocycles. The minimum atomic E-state index is -0.0513. The van der Waals surface area contributed by atoms with Crippen molar-refractivity contribution in [3.63, 3.8) is 0 Å². The summed E-state index contributed by atoms with van der Waals surface area (Å²) < 4.78 is 3.37. The van der Waals surface area contributed by atoms with Crippen LogP contribution in [0.2, 0.25) is 0 Å². The summed E-state index contributed by atoms with van der Waals surface area (Å²) in [5.74, 6) is 0. The zero-order valence-electron chi connectivity index (χ0n) is 8.08. The molecule has 1 aromatic carbocycles. The second-order valence-corrected chi connectivity index (χ2v) is 7.80. The molecule has 0 spiro atoms. The Kier molecular flexibility index (Phi) is 4.45. The second kappa shape index (κ2) is 5.48. The first-order valence-electron chi connectivity index (χ1n) is 4.53. The van der Waals surface area contributed by atoms with E-state index in [2.05, 4.69) is 84.8 Å². The Hall–Kier alpha value is 0.570. The number of hydrogen-bond donors (Lipinski definition) is 1. The maximum Gasteiger partial charge on any atom is 0.0843 e. The van der Waals surface area contributed by atoms with Gasteiger partial charge in [-0.1, -0.05) is 12.1 Å². The molecule has 0 aliphatic heterocycles. The van der Waals surface area contributed by atoms with Gasteiger partial charge in [0.05, 0.1) is 9.83 Å². The van der Waals surface area contributed by atoms with E-state index in [-0.39, 0.29) is 6.04 Å². The average molecular weight is 473 g/mol. The molecule has 0 bridgehead atoms. The lowest BCUT2D eigenvalue weighted by Gasteiger charge is -2.09. The van der Waals surface area contributed by atoms with Gasteiger partial charge in [-0.25, -0.2) is 0 Å². The van der Waals surface area contributed by atoms with Gasteiger partial charge in [-0.2, -0.15) is 0 Å². The fourth-order valence-electron chi connectivity index (χ4n) is 1.35. The van der Waals surface area contributed by atoms with Crippen molar-refractivity contribution in [2.24, 2.45) is 5.73 Å². The number of thiophene rings is 1. The van der Waals surface area contributed by atoms with Crippen LogP contribution >= 0.6 is 65.8 Å². The first-order chi connectivity index (χ1) is 7.58. The maximum atomic E-state index is 6.21. The molecule has 5 heteroatoms. The number of hydrogen-bond acceptors (Lipinski definition) is 2. The van der Waals surface area contributed by atoms with Gasteiger partial charge in [0, 0.05) is 12.9 Å². The van der Waals surface area contributed by atoms with E-state index in [4.69, 9.17) is 5.73 Å². The fourth-order valence-corrected chi connectivity index (χ4v) is 3.83. The van der Waals surface area contributed by atoms with Crippen LogP contribution in [0.25, 0.3) is 0 Å². The zero-order chi connectivity index (χ0) is 11.7. The Balaban J connectivity index is 2.31. The summed E-state index contributed by atoms with van der Waals surface area (Å²) >= 11 is 10.9. The van der Waals surface area contributed by atoms with Crippen molar-refractivity contribution < 1.29 is 0 Å². The molecule has 2 N–H and O–H groups in total. The van der Waals surface area contributed by atoms with Crippen LogP contribution in [0.1, 0.15) is 16.5 Å². The van der Waals surface area contributed by atoms with Gasteiger partial charge in [0.1, 0.15) is 0 Å². The summed E-state index contributed by atoms with van der Waals surface area (Å²) in [4.78, 5) is 1.15. The first-order valence-corrected chi connectivity index (χ1v) is 8.02. The molecule has 2 rings (SSSR count). The molecule has 0 aliphatic rings. The highest BCUT2D eigenvalue weighted by Gasteiger charge is 2.13. The molecule has 84 valence electrons. The Bertz CT molecular complexity index is 476. The van der Waals surface area contributed by atoms with Crippen LogP contribution in [0.4, 0.5) is 0 Å². The quantitative estimate of drug-likeness (QED) is 0.616. The third kappa shape index (κ3) is 2.87. The average Bonchev–Trinajstić information content (AvgIpc) is 2.59. The molecule has 1 aromatic heterocycles. The smallest absolute Gasteiger partial charge is 0.0843 e. The highest BCUT2D eigenvalue weighted by molar-refractivity contribution is 14.1. The Labute approximate surface area is 129 Å². The number of nitrogens with two attached hydrogens (primary N) is 1. The van der Waals surface area contributed by atoms with Crippen LogP contribution in [0.3, 0.4) is 0 Å². The molecular formula is C11H8Br2INS. The Morgan fingerprint density at radius 2 is 1.81 bits per heavy atom. The third-order valence-electron chi connectivity index (χ3n) is 2.20. The normalized spacial score (nSPS) is 12.8. The van der Waals surface area contributed by atoms with Crippen LogP contribution < -0.4 is 5.73 Å². The van der Waals surface area contributed by atoms with Gasteiger partial charge in [0.25, 0.3) is 0 Å². The Morgan fingerprint density at radius 3 is 2.31 bits per heavy atom. The molecule has 0 radical (unpaired) electrons. The van der Waals surface area contributed by atoms with Crippen LogP contribution in [0, 0.1) is 3.57 Å². The number of benzene rings is 1. The van der Waals surface area contributed by atoms with E-state index in [9.17, 15) is 0 Å². The van der Waals surface area contributed by atoms with Crippen molar-refractivity contribution in [1.29, 1.82) is 0 Å². The van der Waals surface area contributed by atoms with E-state index < -0.39 is 0 Å². The maximum absolute atomic E-state index is 6.21.